The van der Waals surface area contributed by atoms with Gasteiger partial charge in [0, 0.05) is 70.5 Å². The Bertz CT molecular complexity index is 305. The van der Waals surface area contributed by atoms with Crippen LogP contribution in [0.2, 0.25) is 0 Å². The van der Waals surface area contributed by atoms with E-state index in [1.165, 1.54) is 25.7 Å². The highest BCUT2D eigenvalue weighted by molar-refractivity contribution is 4.88. The van der Waals surface area contributed by atoms with E-state index in [4.69, 9.17) is 4.74 Å². The minimum absolute atomic E-state index is 0.380. The summed E-state index contributed by atoms with van der Waals surface area (Å²) in [6.45, 7) is 9.06. The Labute approximate surface area is 141 Å². The van der Waals surface area contributed by atoms with Crippen molar-refractivity contribution >= 4 is 0 Å². The molecule has 4 atom stereocenters. The minimum atomic E-state index is 0.380. The molecule has 0 unspecified atom stereocenters. The average Bonchev–Trinajstić information content (AvgIpc) is 2.57. The third kappa shape index (κ3) is 7.45. The Balaban J connectivity index is 1.88. The molecule has 0 aromatic carbocycles. The lowest BCUT2D eigenvalue weighted by Crippen LogP contribution is -2.54. The average molecular weight is 328 g/mol. The maximum absolute atomic E-state index is 5.37. The van der Waals surface area contributed by atoms with Crippen molar-refractivity contribution in [3.63, 3.8) is 0 Å². The van der Waals surface area contributed by atoms with E-state index in [2.05, 4.69) is 33.5 Å². The maximum Gasteiger partial charge on any atom is 0.0628 e. The Morgan fingerprint density at radius 2 is 1.52 bits per heavy atom. The molecule has 1 heterocycles. The van der Waals surface area contributed by atoms with Crippen LogP contribution in [0.25, 0.3) is 0 Å². The van der Waals surface area contributed by atoms with Crippen LogP contribution in [0.5, 0.6) is 0 Å². The summed E-state index contributed by atoms with van der Waals surface area (Å²) in [5, 5.41) is 18.3. The number of fused-ring (bicyclic) bond motifs is 1. The van der Waals surface area contributed by atoms with Gasteiger partial charge < -0.3 is 31.3 Å². The van der Waals surface area contributed by atoms with Gasteiger partial charge in [0.15, 0.2) is 0 Å². The van der Waals surface area contributed by atoms with Gasteiger partial charge >= 0.3 is 0 Å². The van der Waals surface area contributed by atoms with Crippen molar-refractivity contribution in [1.29, 1.82) is 0 Å². The molecule has 1 saturated carbocycles. The standard InChI is InChI=1S/C17H37N5O/c1-14-11-18-7-8-20-15(13-23-2)12-22-17-6-4-3-5-16(17)21-10-9-19-14/h14-22H,3-13H2,1-2H3/t14-,15-,16-,17-/m1/s1. The fraction of sp³-hybridized carbons (Fsp3) is 1.00. The first-order chi connectivity index (χ1) is 11.3. The van der Waals surface area contributed by atoms with Gasteiger partial charge in [-0.25, -0.2) is 0 Å². The number of rotatable bonds is 2. The van der Waals surface area contributed by atoms with Crippen LogP contribution in [0.3, 0.4) is 0 Å². The molecule has 2 aliphatic rings. The smallest absolute Gasteiger partial charge is 0.0628 e. The van der Waals surface area contributed by atoms with Crippen LogP contribution >= 0.6 is 0 Å². The Kier molecular flexibility index (Phi) is 9.41. The summed E-state index contributed by atoms with van der Waals surface area (Å²) in [4.78, 5) is 0. The first-order valence-electron chi connectivity index (χ1n) is 9.42. The quantitative estimate of drug-likeness (QED) is 0.478. The van der Waals surface area contributed by atoms with Crippen LogP contribution in [0.15, 0.2) is 0 Å². The molecule has 0 spiro atoms. The Morgan fingerprint density at radius 1 is 0.826 bits per heavy atom. The van der Waals surface area contributed by atoms with Crippen LogP contribution < -0.4 is 26.6 Å². The molecule has 6 heteroatoms. The van der Waals surface area contributed by atoms with Crippen molar-refractivity contribution < 1.29 is 4.74 Å². The monoisotopic (exact) mass is 327 g/mol. The summed E-state index contributed by atoms with van der Waals surface area (Å²) in [5.74, 6) is 0. The van der Waals surface area contributed by atoms with Gasteiger partial charge in [-0.2, -0.15) is 0 Å². The van der Waals surface area contributed by atoms with Gasteiger partial charge in [-0.05, 0) is 19.8 Å². The van der Waals surface area contributed by atoms with Crippen molar-refractivity contribution in [2.45, 2.75) is 56.8 Å². The van der Waals surface area contributed by atoms with E-state index in [9.17, 15) is 0 Å². The molecule has 2 fully saturated rings. The van der Waals surface area contributed by atoms with Crippen LogP contribution in [-0.4, -0.2) is 77.2 Å². The van der Waals surface area contributed by atoms with Gasteiger partial charge in [0.25, 0.3) is 0 Å². The highest BCUT2D eigenvalue weighted by Crippen LogP contribution is 2.18. The molecule has 6 nitrogen and oxygen atoms in total. The predicted molar refractivity (Wildman–Crippen MR) is 96.1 cm³/mol. The van der Waals surface area contributed by atoms with Crippen LogP contribution in [0, 0.1) is 0 Å². The largest absolute Gasteiger partial charge is 0.383 e. The molecule has 5 N–H and O–H groups in total. The topological polar surface area (TPSA) is 69.4 Å². The summed E-state index contributed by atoms with van der Waals surface area (Å²) in [5.41, 5.74) is 0. The first kappa shape index (κ1) is 19.1. The molecule has 0 bridgehead atoms. The Hall–Kier alpha value is -0.240. The third-order valence-electron chi connectivity index (χ3n) is 4.97. The fourth-order valence-electron chi connectivity index (χ4n) is 3.64. The van der Waals surface area contributed by atoms with E-state index >= 15 is 0 Å². The van der Waals surface area contributed by atoms with Crippen LogP contribution in [0.4, 0.5) is 0 Å². The summed E-state index contributed by atoms with van der Waals surface area (Å²) >= 11 is 0. The number of methoxy groups -OCH3 is 1. The molecule has 2 rings (SSSR count). The van der Waals surface area contributed by atoms with Crippen molar-refractivity contribution in [1.82, 2.24) is 26.6 Å². The van der Waals surface area contributed by atoms with Crippen molar-refractivity contribution in [3.05, 3.63) is 0 Å². The van der Waals surface area contributed by atoms with E-state index in [0.717, 1.165) is 45.9 Å². The zero-order chi connectivity index (χ0) is 16.3. The second kappa shape index (κ2) is 11.3. The lowest BCUT2D eigenvalue weighted by Gasteiger charge is -2.34. The molecule has 1 aliphatic heterocycles. The van der Waals surface area contributed by atoms with Crippen LogP contribution in [-0.2, 0) is 4.74 Å². The molecule has 23 heavy (non-hydrogen) atoms. The molecular weight excluding hydrogens is 290 g/mol. The second-order valence-corrected chi connectivity index (χ2v) is 7.03. The van der Waals surface area contributed by atoms with E-state index in [1.807, 2.05) is 0 Å². The van der Waals surface area contributed by atoms with Gasteiger partial charge in [0.05, 0.1) is 6.61 Å². The second-order valence-electron chi connectivity index (χ2n) is 7.03. The number of hydrogen-bond donors (Lipinski definition) is 5. The maximum atomic E-state index is 5.37. The van der Waals surface area contributed by atoms with E-state index in [-0.39, 0.29) is 0 Å². The van der Waals surface area contributed by atoms with Gasteiger partial charge in [-0.3, -0.25) is 0 Å². The fourth-order valence-corrected chi connectivity index (χ4v) is 3.64. The van der Waals surface area contributed by atoms with Crippen molar-refractivity contribution in [2.24, 2.45) is 0 Å². The molecule has 0 radical (unpaired) electrons. The van der Waals surface area contributed by atoms with Crippen molar-refractivity contribution in [3.8, 4) is 0 Å². The minimum Gasteiger partial charge on any atom is -0.383 e. The zero-order valence-corrected chi connectivity index (χ0v) is 15.0. The number of hydrogen-bond acceptors (Lipinski definition) is 6. The summed E-state index contributed by atoms with van der Waals surface area (Å²) in [6.07, 6.45) is 5.26. The molecular formula is C17H37N5O. The highest BCUT2D eigenvalue weighted by Gasteiger charge is 2.25. The highest BCUT2D eigenvalue weighted by atomic mass is 16.5. The number of ether oxygens (including phenoxy) is 1. The number of nitrogens with one attached hydrogen (secondary N) is 5. The zero-order valence-electron chi connectivity index (χ0n) is 15.0. The lowest BCUT2D eigenvalue weighted by atomic mass is 9.90. The Morgan fingerprint density at radius 3 is 2.30 bits per heavy atom. The molecule has 0 amide bonds. The molecule has 0 aromatic heterocycles. The van der Waals surface area contributed by atoms with Gasteiger partial charge in [-0.15, -0.1) is 0 Å². The summed E-state index contributed by atoms with van der Waals surface area (Å²) in [6, 6.07) is 2.08. The van der Waals surface area contributed by atoms with Gasteiger partial charge in [0.1, 0.15) is 0 Å². The molecule has 0 aromatic rings. The summed E-state index contributed by atoms with van der Waals surface area (Å²) in [7, 11) is 1.79. The first-order valence-corrected chi connectivity index (χ1v) is 9.42. The SMILES string of the molecule is COC[C@H]1CN[C@@H]2CCCC[C@H]2NCCN[C@H](C)CNCCN1. The van der Waals surface area contributed by atoms with E-state index in [1.54, 1.807) is 7.11 Å². The third-order valence-corrected chi connectivity index (χ3v) is 4.97. The van der Waals surface area contributed by atoms with Crippen LogP contribution in [0.1, 0.15) is 32.6 Å². The van der Waals surface area contributed by atoms with Crippen molar-refractivity contribution in [2.75, 3.05) is 53.0 Å². The lowest BCUT2D eigenvalue weighted by molar-refractivity contribution is 0.160. The summed E-state index contributed by atoms with van der Waals surface area (Å²) < 4.78 is 5.37. The molecule has 1 aliphatic carbocycles. The normalized spacial score (nSPS) is 35.7. The van der Waals surface area contributed by atoms with E-state index in [0.29, 0.717) is 24.2 Å². The van der Waals surface area contributed by atoms with Gasteiger partial charge in [-0.1, -0.05) is 12.8 Å². The molecule has 136 valence electrons. The van der Waals surface area contributed by atoms with E-state index < -0.39 is 0 Å². The van der Waals surface area contributed by atoms with Gasteiger partial charge in [0.2, 0.25) is 0 Å². The predicted octanol–water partition coefficient (Wildman–Crippen LogP) is -0.337. The molecule has 1 saturated heterocycles.